The lowest BCUT2D eigenvalue weighted by Gasteiger charge is -2.38. The summed E-state index contributed by atoms with van der Waals surface area (Å²) in [4.78, 5) is 3.62. The third-order valence-corrected chi connectivity index (χ3v) is 5.13. The maximum Gasteiger partial charge on any atom is 0.534 e. The molecule has 0 spiro atoms. The third kappa shape index (κ3) is 3.72. The van der Waals surface area contributed by atoms with Gasteiger partial charge in [-0.2, -0.15) is 21.6 Å². The Balaban J connectivity index is 1.85. The van der Waals surface area contributed by atoms with Gasteiger partial charge in [0.1, 0.15) is 0 Å². The molecule has 0 N–H and O–H groups in total. The van der Waals surface area contributed by atoms with E-state index in [-0.39, 0.29) is 10.8 Å². The van der Waals surface area contributed by atoms with Gasteiger partial charge < -0.3 is 8.92 Å². The number of rotatable bonds is 5. The second-order valence-corrected chi connectivity index (χ2v) is 8.00. The van der Waals surface area contributed by atoms with Gasteiger partial charge in [-0.25, -0.2) is 4.98 Å². The van der Waals surface area contributed by atoms with E-state index in [1.807, 2.05) is 0 Å². The number of hydrogen-bond acceptors (Lipinski definition) is 5. The van der Waals surface area contributed by atoms with Gasteiger partial charge in [0.2, 0.25) is 5.88 Å². The molecule has 0 unspecified atom stereocenters. The first-order chi connectivity index (χ1) is 11.6. The summed E-state index contributed by atoms with van der Waals surface area (Å²) >= 11 is 0. The van der Waals surface area contributed by atoms with E-state index in [0.29, 0.717) is 5.39 Å². The van der Waals surface area contributed by atoms with Gasteiger partial charge in [-0.15, -0.1) is 0 Å². The van der Waals surface area contributed by atoms with E-state index in [1.165, 1.54) is 12.3 Å². The lowest BCUT2D eigenvalue weighted by Crippen LogP contribution is -2.39. The molecule has 1 saturated heterocycles. The number of halogens is 3. The van der Waals surface area contributed by atoms with Gasteiger partial charge in [-0.1, -0.05) is 19.1 Å². The molecule has 0 atom stereocenters. The quantitative estimate of drug-likeness (QED) is 0.592. The monoisotopic (exact) mass is 375 g/mol. The Kier molecular flexibility index (Phi) is 4.40. The molecule has 0 aliphatic carbocycles. The van der Waals surface area contributed by atoms with Crippen LogP contribution in [-0.2, 0) is 21.3 Å². The molecule has 0 saturated carbocycles. The van der Waals surface area contributed by atoms with E-state index in [1.54, 1.807) is 18.2 Å². The second kappa shape index (κ2) is 6.14. The molecule has 0 radical (unpaired) electrons. The minimum atomic E-state index is -5.75. The van der Waals surface area contributed by atoms with Crippen LogP contribution in [-0.4, -0.2) is 32.1 Å². The zero-order chi connectivity index (χ0) is 18.3. The van der Waals surface area contributed by atoms with E-state index < -0.39 is 21.5 Å². The molecule has 25 heavy (non-hydrogen) atoms. The summed E-state index contributed by atoms with van der Waals surface area (Å²) < 4.78 is 69.2. The fraction of sp³-hybridized carbons (Fsp3) is 0.438. The van der Waals surface area contributed by atoms with Crippen molar-refractivity contribution in [2.45, 2.75) is 25.3 Å². The Morgan fingerprint density at radius 1 is 1.28 bits per heavy atom. The smallest absolute Gasteiger partial charge is 0.380 e. The fourth-order valence-corrected chi connectivity index (χ4v) is 3.05. The molecule has 2 aromatic rings. The van der Waals surface area contributed by atoms with Crippen molar-refractivity contribution in [1.82, 2.24) is 4.98 Å². The number of aryl methyl sites for hydroxylation is 1. The highest BCUT2D eigenvalue weighted by Crippen LogP contribution is 2.33. The van der Waals surface area contributed by atoms with Crippen LogP contribution in [0.2, 0.25) is 0 Å². The van der Waals surface area contributed by atoms with E-state index in [9.17, 15) is 21.6 Å². The van der Waals surface area contributed by atoms with Crippen LogP contribution in [0.3, 0.4) is 0 Å². The van der Waals surface area contributed by atoms with Crippen molar-refractivity contribution in [3.63, 3.8) is 0 Å². The molecule has 1 aromatic carbocycles. The maximum atomic E-state index is 12.5. The Labute approximate surface area is 142 Å². The average molecular weight is 375 g/mol. The van der Waals surface area contributed by atoms with Crippen molar-refractivity contribution < 1.29 is 30.5 Å². The molecule has 1 aromatic heterocycles. The number of pyridine rings is 1. The first-order valence-electron chi connectivity index (χ1n) is 7.56. The Hall–Kier alpha value is -1.87. The van der Waals surface area contributed by atoms with Gasteiger partial charge in [-0.05, 0) is 35.9 Å². The number of ether oxygens (including phenoxy) is 1. The molecule has 3 rings (SSSR count). The van der Waals surface area contributed by atoms with Crippen molar-refractivity contribution in [3.05, 3.63) is 36.0 Å². The standard InChI is InChI=1S/C16H16F3NO4S/c1-15(9-23-10-15)6-4-11-2-3-13-12(8-11)5-7-20-14(13)24-25(21,22)16(17,18)19/h2-3,5,7-8H,4,6,9-10H2,1H3. The van der Waals surface area contributed by atoms with Crippen LogP contribution in [0, 0.1) is 5.41 Å². The van der Waals surface area contributed by atoms with Crippen molar-refractivity contribution in [1.29, 1.82) is 0 Å². The molecule has 1 fully saturated rings. The van der Waals surface area contributed by atoms with Gasteiger partial charge in [0.25, 0.3) is 0 Å². The largest absolute Gasteiger partial charge is 0.534 e. The van der Waals surface area contributed by atoms with Crippen LogP contribution in [0.4, 0.5) is 13.2 Å². The highest BCUT2D eigenvalue weighted by Gasteiger charge is 2.49. The van der Waals surface area contributed by atoms with Crippen LogP contribution in [0.5, 0.6) is 5.88 Å². The van der Waals surface area contributed by atoms with Gasteiger partial charge in [0.05, 0.1) is 13.2 Å². The molecule has 9 heteroatoms. The SMILES string of the molecule is CC1(CCc2ccc3c(OS(=O)(=O)C(F)(F)F)nccc3c2)COC1. The Morgan fingerprint density at radius 2 is 2.00 bits per heavy atom. The van der Waals surface area contributed by atoms with Crippen LogP contribution in [0.15, 0.2) is 30.5 Å². The lowest BCUT2D eigenvalue weighted by atomic mass is 9.82. The van der Waals surface area contributed by atoms with Crippen molar-refractivity contribution in [2.75, 3.05) is 13.2 Å². The minimum Gasteiger partial charge on any atom is -0.380 e. The van der Waals surface area contributed by atoms with E-state index in [4.69, 9.17) is 4.74 Å². The minimum absolute atomic E-state index is 0.155. The molecule has 1 aliphatic heterocycles. The van der Waals surface area contributed by atoms with Gasteiger partial charge in [0.15, 0.2) is 0 Å². The molecular weight excluding hydrogens is 359 g/mol. The van der Waals surface area contributed by atoms with Crippen LogP contribution in [0.25, 0.3) is 10.8 Å². The maximum absolute atomic E-state index is 12.5. The number of fused-ring (bicyclic) bond motifs is 1. The molecule has 136 valence electrons. The molecule has 2 heterocycles. The summed E-state index contributed by atoms with van der Waals surface area (Å²) in [6, 6.07) is 6.66. The number of benzene rings is 1. The summed E-state index contributed by atoms with van der Waals surface area (Å²) in [6.07, 6.45) is 2.93. The molecule has 0 amide bonds. The molecule has 1 aliphatic rings. The lowest BCUT2D eigenvalue weighted by molar-refractivity contribution is -0.105. The van der Waals surface area contributed by atoms with E-state index >= 15 is 0 Å². The van der Waals surface area contributed by atoms with Gasteiger partial charge >= 0.3 is 15.6 Å². The topological polar surface area (TPSA) is 65.5 Å². The summed E-state index contributed by atoms with van der Waals surface area (Å²) in [5.41, 5.74) is -4.35. The molecular formula is C16H16F3NO4S. The number of hydrogen-bond donors (Lipinski definition) is 0. The van der Waals surface area contributed by atoms with Crippen molar-refractivity contribution >= 4 is 20.9 Å². The second-order valence-electron chi connectivity index (χ2n) is 6.46. The number of nitrogens with zero attached hydrogens (tertiary/aromatic N) is 1. The number of aromatic nitrogens is 1. The van der Waals surface area contributed by atoms with Crippen molar-refractivity contribution in [2.24, 2.45) is 5.41 Å². The predicted octanol–water partition coefficient (Wildman–Crippen LogP) is 3.43. The van der Waals surface area contributed by atoms with Crippen molar-refractivity contribution in [3.8, 4) is 5.88 Å². The highest BCUT2D eigenvalue weighted by molar-refractivity contribution is 7.88. The zero-order valence-corrected chi connectivity index (χ0v) is 14.2. The van der Waals surface area contributed by atoms with Gasteiger partial charge in [0, 0.05) is 17.0 Å². The highest BCUT2D eigenvalue weighted by atomic mass is 32.2. The first kappa shape index (κ1) is 17.9. The normalized spacial score (nSPS) is 17.3. The van der Waals surface area contributed by atoms with E-state index in [2.05, 4.69) is 16.1 Å². The zero-order valence-electron chi connectivity index (χ0n) is 13.3. The average Bonchev–Trinajstić information content (AvgIpc) is 2.49. The first-order valence-corrected chi connectivity index (χ1v) is 8.97. The molecule has 0 bridgehead atoms. The fourth-order valence-electron chi connectivity index (χ4n) is 2.61. The van der Waals surface area contributed by atoms with E-state index in [0.717, 1.165) is 31.6 Å². The van der Waals surface area contributed by atoms with Gasteiger partial charge in [-0.3, -0.25) is 0 Å². The predicted molar refractivity (Wildman–Crippen MR) is 84.6 cm³/mol. The van der Waals surface area contributed by atoms with Crippen LogP contribution >= 0.6 is 0 Å². The van der Waals surface area contributed by atoms with Crippen LogP contribution < -0.4 is 4.18 Å². The summed E-state index contributed by atoms with van der Waals surface area (Å²) in [6.45, 7) is 3.57. The number of alkyl halides is 3. The summed E-state index contributed by atoms with van der Waals surface area (Å²) in [5.74, 6) is -0.583. The third-order valence-electron chi connectivity index (χ3n) is 4.18. The molecule has 5 nitrogen and oxygen atoms in total. The van der Waals surface area contributed by atoms with Crippen LogP contribution in [0.1, 0.15) is 18.9 Å². The Morgan fingerprint density at radius 3 is 2.60 bits per heavy atom. The summed E-state index contributed by atoms with van der Waals surface area (Å²) in [7, 11) is -5.75. The summed E-state index contributed by atoms with van der Waals surface area (Å²) in [5, 5.41) is 0.771. The Bertz CT molecular complexity index is 892.